The summed E-state index contributed by atoms with van der Waals surface area (Å²) in [5, 5.41) is 2.81. The van der Waals surface area contributed by atoms with Crippen molar-refractivity contribution < 1.29 is 14.3 Å². The Morgan fingerprint density at radius 1 is 1.63 bits per heavy atom. The standard InChI is InChI=1S/C14H16BrNO3/c1-9(15)7-16-14(17)11-5-10-6-12(18-2)3-4-13(10)19-8-11/h3-4,6,11H,1,5,7-8H2,2H3,(H,16,17)/t11-/m1/s1. The van der Waals surface area contributed by atoms with E-state index in [0.29, 0.717) is 19.6 Å². The Kier molecular flexibility index (Phi) is 4.47. The zero-order chi connectivity index (χ0) is 13.8. The van der Waals surface area contributed by atoms with E-state index in [1.54, 1.807) is 7.11 Å². The number of carbonyl (C=O) groups is 1. The number of fused-ring (bicyclic) bond motifs is 1. The molecular formula is C14H16BrNO3. The molecule has 1 amide bonds. The molecule has 1 aliphatic heterocycles. The molecule has 0 aliphatic carbocycles. The van der Waals surface area contributed by atoms with Crippen molar-refractivity contribution in [2.24, 2.45) is 5.92 Å². The lowest BCUT2D eigenvalue weighted by atomic mass is 9.96. The van der Waals surface area contributed by atoms with Gasteiger partial charge in [-0.15, -0.1) is 0 Å². The minimum Gasteiger partial charge on any atom is -0.497 e. The molecule has 1 N–H and O–H groups in total. The van der Waals surface area contributed by atoms with Crippen LogP contribution in [0.5, 0.6) is 11.5 Å². The van der Waals surface area contributed by atoms with Crippen molar-refractivity contribution in [1.82, 2.24) is 5.32 Å². The molecular weight excluding hydrogens is 310 g/mol. The molecule has 19 heavy (non-hydrogen) atoms. The summed E-state index contributed by atoms with van der Waals surface area (Å²) >= 11 is 3.21. The largest absolute Gasteiger partial charge is 0.497 e. The number of benzene rings is 1. The van der Waals surface area contributed by atoms with Gasteiger partial charge in [0.2, 0.25) is 5.91 Å². The Balaban J connectivity index is 2.04. The van der Waals surface area contributed by atoms with Crippen LogP contribution < -0.4 is 14.8 Å². The molecule has 0 bridgehead atoms. The first kappa shape index (κ1) is 13.9. The molecule has 5 heteroatoms. The van der Waals surface area contributed by atoms with Gasteiger partial charge in [-0.1, -0.05) is 22.5 Å². The highest BCUT2D eigenvalue weighted by Gasteiger charge is 2.26. The van der Waals surface area contributed by atoms with Crippen LogP contribution in [0.3, 0.4) is 0 Å². The van der Waals surface area contributed by atoms with Crippen LogP contribution in [0.15, 0.2) is 29.3 Å². The quantitative estimate of drug-likeness (QED) is 0.923. The number of nitrogens with one attached hydrogen (secondary N) is 1. The molecule has 0 unspecified atom stereocenters. The third-order valence-corrected chi connectivity index (χ3v) is 3.28. The van der Waals surface area contributed by atoms with Crippen molar-refractivity contribution in [2.45, 2.75) is 6.42 Å². The fourth-order valence-corrected chi connectivity index (χ4v) is 2.13. The van der Waals surface area contributed by atoms with Crippen LogP contribution in [-0.2, 0) is 11.2 Å². The number of carbonyl (C=O) groups excluding carboxylic acids is 1. The van der Waals surface area contributed by atoms with E-state index in [2.05, 4.69) is 27.8 Å². The maximum Gasteiger partial charge on any atom is 0.227 e. The summed E-state index contributed by atoms with van der Waals surface area (Å²) in [5.74, 6) is 1.41. The third kappa shape index (κ3) is 3.50. The molecule has 0 saturated carbocycles. The molecule has 4 nitrogen and oxygen atoms in total. The van der Waals surface area contributed by atoms with Crippen LogP contribution in [0.25, 0.3) is 0 Å². The van der Waals surface area contributed by atoms with Crippen LogP contribution in [0.1, 0.15) is 5.56 Å². The molecule has 1 atom stereocenters. The fraction of sp³-hybridized carbons (Fsp3) is 0.357. The predicted octanol–water partition coefficient (Wildman–Crippen LogP) is 2.27. The number of amides is 1. The van der Waals surface area contributed by atoms with Crippen molar-refractivity contribution in [3.05, 3.63) is 34.8 Å². The van der Waals surface area contributed by atoms with E-state index in [0.717, 1.165) is 21.5 Å². The van der Waals surface area contributed by atoms with Crippen molar-refractivity contribution in [1.29, 1.82) is 0 Å². The van der Waals surface area contributed by atoms with E-state index in [4.69, 9.17) is 9.47 Å². The Labute approximate surface area is 120 Å². The molecule has 0 aromatic heterocycles. The van der Waals surface area contributed by atoms with E-state index in [9.17, 15) is 4.79 Å². The van der Waals surface area contributed by atoms with E-state index in [1.165, 1.54) is 0 Å². The molecule has 1 heterocycles. The molecule has 0 fully saturated rings. The summed E-state index contributed by atoms with van der Waals surface area (Å²) in [4.78, 5) is 12.0. The van der Waals surface area contributed by atoms with E-state index in [1.807, 2.05) is 18.2 Å². The second kappa shape index (κ2) is 6.10. The van der Waals surface area contributed by atoms with Crippen LogP contribution >= 0.6 is 15.9 Å². The zero-order valence-corrected chi connectivity index (χ0v) is 12.3. The second-order valence-electron chi connectivity index (χ2n) is 4.42. The predicted molar refractivity (Wildman–Crippen MR) is 76.8 cm³/mol. The third-order valence-electron chi connectivity index (χ3n) is 3.00. The number of hydrogen-bond donors (Lipinski definition) is 1. The SMILES string of the molecule is C=C(Br)CNC(=O)[C@H]1COc2ccc(OC)cc2C1. The highest BCUT2D eigenvalue weighted by atomic mass is 79.9. The van der Waals surface area contributed by atoms with Gasteiger partial charge >= 0.3 is 0 Å². The number of halogens is 1. The van der Waals surface area contributed by atoms with Crippen molar-refractivity contribution >= 4 is 21.8 Å². The van der Waals surface area contributed by atoms with Gasteiger partial charge in [0.25, 0.3) is 0 Å². The zero-order valence-electron chi connectivity index (χ0n) is 10.7. The number of methoxy groups -OCH3 is 1. The second-order valence-corrected chi connectivity index (χ2v) is 5.54. The summed E-state index contributed by atoms with van der Waals surface area (Å²) in [6, 6.07) is 5.65. The fourth-order valence-electron chi connectivity index (χ4n) is 1.99. The van der Waals surface area contributed by atoms with Crippen molar-refractivity contribution in [3.8, 4) is 11.5 Å². The minimum absolute atomic E-state index is 0.0194. The Morgan fingerprint density at radius 2 is 2.42 bits per heavy atom. The van der Waals surface area contributed by atoms with Crippen LogP contribution in [0.2, 0.25) is 0 Å². The minimum atomic E-state index is -0.175. The summed E-state index contributed by atoms with van der Waals surface area (Å²) < 4.78 is 11.5. The maximum absolute atomic E-state index is 12.0. The highest BCUT2D eigenvalue weighted by molar-refractivity contribution is 9.11. The normalized spacial score (nSPS) is 17.1. The van der Waals surface area contributed by atoms with E-state index < -0.39 is 0 Å². The van der Waals surface area contributed by atoms with Crippen LogP contribution in [0.4, 0.5) is 0 Å². The molecule has 1 aliphatic rings. The monoisotopic (exact) mass is 325 g/mol. The molecule has 102 valence electrons. The lowest BCUT2D eigenvalue weighted by molar-refractivity contribution is -0.126. The summed E-state index contributed by atoms with van der Waals surface area (Å²) in [7, 11) is 1.62. The summed E-state index contributed by atoms with van der Waals surface area (Å²) in [5.41, 5.74) is 1.00. The van der Waals surface area contributed by atoms with Gasteiger partial charge in [0, 0.05) is 11.0 Å². The highest BCUT2D eigenvalue weighted by Crippen LogP contribution is 2.30. The average Bonchev–Trinajstić information content (AvgIpc) is 2.43. The maximum atomic E-state index is 12.0. The first-order valence-electron chi connectivity index (χ1n) is 6.01. The van der Waals surface area contributed by atoms with Gasteiger partial charge in [0.05, 0.1) is 13.0 Å². The van der Waals surface area contributed by atoms with E-state index >= 15 is 0 Å². The molecule has 0 radical (unpaired) electrons. The van der Waals surface area contributed by atoms with Gasteiger partial charge < -0.3 is 14.8 Å². The number of rotatable bonds is 4. The molecule has 0 spiro atoms. The number of ether oxygens (including phenoxy) is 2. The molecule has 2 rings (SSSR count). The van der Waals surface area contributed by atoms with Gasteiger partial charge in [0.15, 0.2) is 0 Å². The first-order valence-corrected chi connectivity index (χ1v) is 6.80. The van der Waals surface area contributed by atoms with E-state index in [-0.39, 0.29) is 11.8 Å². The van der Waals surface area contributed by atoms with Gasteiger partial charge in [0.1, 0.15) is 18.1 Å². The van der Waals surface area contributed by atoms with Gasteiger partial charge in [-0.3, -0.25) is 4.79 Å². The Bertz CT molecular complexity index is 501. The smallest absolute Gasteiger partial charge is 0.227 e. The van der Waals surface area contributed by atoms with Crippen molar-refractivity contribution in [3.63, 3.8) is 0 Å². The topological polar surface area (TPSA) is 47.6 Å². The first-order chi connectivity index (χ1) is 9.10. The number of hydrogen-bond acceptors (Lipinski definition) is 3. The summed E-state index contributed by atoms with van der Waals surface area (Å²) in [6.45, 7) is 4.52. The van der Waals surface area contributed by atoms with Gasteiger partial charge in [-0.25, -0.2) is 0 Å². The summed E-state index contributed by atoms with van der Waals surface area (Å²) in [6.07, 6.45) is 0.660. The van der Waals surface area contributed by atoms with Crippen LogP contribution in [0, 0.1) is 5.92 Å². The average molecular weight is 326 g/mol. The lowest BCUT2D eigenvalue weighted by Crippen LogP contribution is -2.37. The Morgan fingerprint density at radius 3 is 3.11 bits per heavy atom. The van der Waals surface area contributed by atoms with Crippen LogP contribution in [-0.4, -0.2) is 26.2 Å². The molecule has 1 aromatic rings. The van der Waals surface area contributed by atoms with Crippen molar-refractivity contribution in [2.75, 3.05) is 20.3 Å². The lowest BCUT2D eigenvalue weighted by Gasteiger charge is -2.25. The van der Waals surface area contributed by atoms with Gasteiger partial charge in [-0.05, 0) is 30.2 Å². The van der Waals surface area contributed by atoms with Gasteiger partial charge in [-0.2, -0.15) is 0 Å². The Hall–Kier alpha value is -1.49. The molecule has 1 aromatic carbocycles. The molecule has 0 saturated heterocycles.